The van der Waals surface area contributed by atoms with Gasteiger partial charge in [0.15, 0.2) is 9.84 Å². The SMILES string of the molecule is CCCCS(=O)(=O)N1CC(S(=O)(=O)c2ccc(Cl)cc2)C1. The van der Waals surface area contributed by atoms with Crippen LogP contribution in [0.3, 0.4) is 0 Å². The van der Waals surface area contributed by atoms with Crippen LogP contribution < -0.4 is 0 Å². The lowest BCUT2D eigenvalue weighted by Gasteiger charge is -2.37. The van der Waals surface area contributed by atoms with E-state index in [1.54, 1.807) is 0 Å². The normalized spacial score (nSPS) is 17.6. The fraction of sp³-hybridized carbons (Fsp3) is 0.538. The third-order valence-corrected chi connectivity index (χ3v) is 7.79. The smallest absolute Gasteiger partial charge is 0.214 e. The molecule has 2 rings (SSSR count). The Kier molecular flexibility index (Phi) is 4.97. The van der Waals surface area contributed by atoms with Gasteiger partial charge in [0.1, 0.15) is 0 Å². The van der Waals surface area contributed by atoms with Gasteiger partial charge in [0, 0.05) is 18.1 Å². The Morgan fingerprint density at radius 3 is 2.24 bits per heavy atom. The van der Waals surface area contributed by atoms with Crippen molar-refractivity contribution in [3.05, 3.63) is 29.3 Å². The maximum absolute atomic E-state index is 12.3. The van der Waals surface area contributed by atoms with E-state index >= 15 is 0 Å². The Bertz CT molecular complexity index is 692. The second-order valence-electron chi connectivity index (χ2n) is 5.11. The average Bonchev–Trinajstić information content (AvgIpc) is 2.34. The molecule has 0 radical (unpaired) electrons. The molecule has 1 heterocycles. The van der Waals surface area contributed by atoms with Gasteiger partial charge < -0.3 is 0 Å². The van der Waals surface area contributed by atoms with Gasteiger partial charge in [-0.1, -0.05) is 24.9 Å². The van der Waals surface area contributed by atoms with Crippen LogP contribution >= 0.6 is 11.6 Å². The summed E-state index contributed by atoms with van der Waals surface area (Å²) in [6.07, 6.45) is 1.38. The molecule has 8 heteroatoms. The van der Waals surface area contributed by atoms with Crippen LogP contribution in [0.1, 0.15) is 19.8 Å². The van der Waals surface area contributed by atoms with Crippen LogP contribution in [0.15, 0.2) is 29.2 Å². The van der Waals surface area contributed by atoms with E-state index in [1.807, 2.05) is 6.92 Å². The van der Waals surface area contributed by atoms with Crippen LogP contribution in [0.25, 0.3) is 0 Å². The van der Waals surface area contributed by atoms with E-state index in [9.17, 15) is 16.8 Å². The maximum Gasteiger partial charge on any atom is 0.214 e. The zero-order valence-corrected chi connectivity index (χ0v) is 14.1. The Morgan fingerprint density at radius 1 is 1.14 bits per heavy atom. The van der Waals surface area contributed by atoms with E-state index in [1.165, 1.54) is 28.6 Å². The fourth-order valence-corrected chi connectivity index (χ4v) is 5.79. The lowest BCUT2D eigenvalue weighted by molar-refractivity contribution is 0.309. The number of rotatable bonds is 6. The number of hydrogen-bond acceptors (Lipinski definition) is 4. The first-order valence-corrected chi connectivity index (χ1v) is 10.3. The van der Waals surface area contributed by atoms with Crippen LogP contribution in [0, 0.1) is 0 Å². The molecule has 1 saturated heterocycles. The summed E-state index contributed by atoms with van der Waals surface area (Å²) in [6, 6.07) is 5.93. The molecule has 1 aliphatic heterocycles. The molecule has 0 aromatic heterocycles. The summed E-state index contributed by atoms with van der Waals surface area (Å²) < 4.78 is 49.8. The van der Waals surface area contributed by atoms with Crippen molar-refractivity contribution in [2.24, 2.45) is 0 Å². The van der Waals surface area contributed by atoms with Gasteiger partial charge in [-0.05, 0) is 30.7 Å². The van der Waals surface area contributed by atoms with Gasteiger partial charge in [-0.25, -0.2) is 16.8 Å². The van der Waals surface area contributed by atoms with Gasteiger partial charge in [0.05, 0.1) is 15.9 Å². The molecule has 5 nitrogen and oxygen atoms in total. The Hall–Kier alpha value is -0.630. The summed E-state index contributed by atoms with van der Waals surface area (Å²) in [6.45, 7) is 1.99. The van der Waals surface area contributed by atoms with Crippen LogP contribution in [0.2, 0.25) is 5.02 Å². The third-order valence-electron chi connectivity index (χ3n) is 3.54. The second kappa shape index (κ2) is 6.24. The molecule has 1 aromatic carbocycles. The monoisotopic (exact) mass is 351 g/mol. The van der Waals surface area contributed by atoms with Crippen molar-refractivity contribution < 1.29 is 16.8 Å². The van der Waals surface area contributed by atoms with Gasteiger partial charge in [-0.3, -0.25) is 0 Å². The number of sulfone groups is 1. The molecular formula is C13H18ClNO4S2. The predicted octanol–water partition coefficient (Wildman–Crippen LogP) is 1.93. The average molecular weight is 352 g/mol. The molecule has 0 bridgehead atoms. The Morgan fingerprint density at radius 2 is 1.71 bits per heavy atom. The summed E-state index contributed by atoms with van der Waals surface area (Å²) in [4.78, 5) is 0.183. The van der Waals surface area contributed by atoms with Crippen molar-refractivity contribution in [2.45, 2.75) is 29.9 Å². The van der Waals surface area contributed by atoms with E-state index < -0.39 is 25.1 Å². The molecule has 21 heavy (non-hydrogen) atoms. The van der Waals surface area contributed by atoms with E-state index in [0.29, 0.717) is 11.4 Å². The van der Waals surface area contributed by atoms with Crippen molar-refractivity contribution in [1.82, 2.24) is 4.31 Å². The third kappa shape index (κ3) is 3.59. The highest BCUT2D eigenvalue weighted by Gasteiger charge is 2.43. The summed E-state index contributed by atoms with van der Waals surface area (Å²) in [5, 5.41) is -0.207. The molecule has 1 fully saturated rings. The summed E-state index contributed by atoms with van der Waals surface area (Å²) in [5.41, 5.74) is 0. The first-order chi connectivity index (χ1) is 9.77. The Labute approximate surface area is 130 Å². The highest BCUT2D eigenvalue weighted by Crippen LogP contribution is 2.27. The van der Waals surface area contributed by atoms with Crippen LogP contribution in [0.4, 0.5) is 0 Å². The molecule has 0 atom stereocenters. The standard InChI is InChI=1S/C13H18ClNO4S2/c1-2-3-8-20(16,17)15-9-13(10-15)21(18,19)12-6-4-11(14)5-7-12/h4-7,13H,2-3,8-10H2,1H3. The van der Waals surface area contributed by atoms with Gasteiger partial charge in [0.2, 0.25) is 10.0 Å². The molecular weight excluding hydrogens is 334 g/mol. The number of benzene rings is 1. The van der Waals surface area contributed by atoms with Crippen LogP contribution in [-0.4, -0.2) is 45.2 Å². The first kappa shape index (κ1) is 16.7. The summed E-state index contributed by atoms with van der Waals surface area (Å²) >= 11 is 5.74. The van der Waals surface area contributed by atoms with Gasteiger partial charge in [-0.15, -0.1) is 0 Å². The lowest BCUT2D eigenvalue weighted by atomic mass is 10.3. The molecule has 0 aliphatic carbocycles. The molecule has 0 spiro atoms. The highest BCUT2D eigenvalue weighted by atomic mass is 35.5. The lowest BCUT2D eigenvalue weighted by Crippen LogP contribution is -2.57. The zero-order valence-electron chi connectivity index (χ0n) is 11.7. The number of hydrogen-bond donors (Lipinski definition) is 0. The second-order valence-corrected chi connectivity index (χ2v) is 9.86. The number of unbranched alkanes of at least 4 members (excludes halogenated alkanes) is 1. The van der Waals surface area contributed by atoms with Crippen molar-refractivity contribution in [1.29, 1.82) is 0 Å². The van der Waals surface area contributed by atoms with Gasteiger partial charge >= 0.3 is 0 Å². The molecule has 1 aliphatic rings. The maximum atomic E-state index is 12.3. The van der Waals surface area contributed by atoms with Gasteiger partial charge in [0.25, 0.3) is 0 Å². The van der Waals surface area contributed by atoms with Crippen molar-refractivity contribution in [3.63, 3.8) is 0 Å². The molecule has 1 aromatic rings. The fourth-order valence-electron chi connectivity index (χ4n) is 2.10. The van der Waals surface area contributed by atoms with Crippen molar-refractivity contribution >= 4 is 31.5 Å². The molecule has 0 saturated carbocycles. The topological polar surface area (TPSA) is 71.5 Å². The molecule has 0 amide bonds. The van der Waals surface area contributed by atoms with Crippen molar-refractivity contribution in [2.75, 3.05) is 18.8 Å². The largest absolute Gasteiger partial charge is 0.223 e. The Balaban J connectivity index is 2.05. The summed E-state index contributed by atoms with van der Waals surface area (Å²) in [5.74, 6) is 0.0806. The van der Waals surface area contributed by atoms with Crippen LogP contribution in [-0.2, 0) is 19.9 Å². The number of sulfonamides is 1. The zero-order chi connectivity index (χ0) is 15.7. The molecule has 0 unspecified atom stereocenters. The molecule has 0 N–H and O–H groups in total. The minimum absolute atomic E-state index is 0.0387. The highest BCUT2D eigenvalue weighted by molar-refractivity contribution is 7.92. The molecule has 118 valence electrons. The summed E-state index contributed by atoms with van der Waals surface area (Å²) in [7, 11) is -6.82. The van der Waals surface area contributed by atoms with E-state index in [-0.39, 0.29) is 23.7 Å². The first-order valence-electron chi connectivity index (χ1n) is 6.74. The number of nitrogens with zero attached hydrogens (tertiary/aromatic N) is 1. The van der Waals surface area contributed by atoms with Crippen LogP contribution in [0.5, 0.6) is 0 Å². The van der Waals surface area contributed by atoms with Gasteiger partial charge in [-0.2, -0.15) is 4.31 Å². The van der Waals surface area contributed by atoms with Crippen molar-refractivity contribution in [3.8, 4) is 0 Å². The minimum Gasteiger partial charge on any atom is -0.223 e. The van der Waals surface area contributed by atoms with E-state index in [4.69, 9.17) is 11.6 Å². The number of halogens is 1. The quantitative estimate of drug-likeness (QED) is 0.785. The van der Waals surface area contributed by atoms with E-state index in [2.05, 4.69) is 0 Å². The van der Waals surface area contributed by atoms with E-state index in [0.717, 1.165) is 6.42 Å². The predicted molar refractivity (Wildman–Crippen MR) is 82.7 cm³/mol. The minimum atomic E-state index is -3.50.